The van der Waals surface area contributed by atoms with Crippen LogP contribution in [0.5, 0.6) is 0 Å². The summed E-state index contributed by atoms with van der Waals surface area (Å²) < 4.78 is 3.63. The summed E-state index contributed by atoms with van der Waals surface area (Å²) in [4.78, 5) is 16.0. The summed E-state index contributed by atoms with van der Waals surface area (Å²) >= 11 is 7.98. The molecule has 0 radical (unpaired) electrons. The predicted molar refractivity (Wildman–Crippen MR) is 65.4 cm³/mol. The molecular formula is C8H8ClIN4O. The molecule has 80 valence electrons. The smallest absolute Gasteiger partial charge is 0.276 e. The van der Waals surface area contributed by atoms with Gasteiger partial charge in [0, 0.05) is 6.04 Å². The number of imidazole rings is 1. The molecule has 2 rings (SSSR count). The molecule has 0 fully saturated rings. The largest absolute Gasteiger partial charge is 0.298 e. The van der Waals surface area contributed by atoms with Crippen molar-refractivity contribution in [2.45, 2.75) is 19.9 Å². The zero-order valence-corrected chi connectivity index (χ0v) is 11.0. The first-order chi connectivity index (χ1) is 7.02. The van der Waals surface area contributed by atoms with Gasteiger partial charge in [0.1, 0.15) is 3.70 Å². The molecule has 2 aromatic rings. The van der Waals surface area contributed by atoms with Gasteiger partial charge in [-0.25, -0.2) is 4.98 Å². The van der Waals surface area contributed by atoms with E-state index in [2.05, 4.69) is 10.1 Å². The predicted octanol–water partition coefficient (Wildman–Crippen LogP) is 1.73. The van der Waals surface area contributed by atoms with Crippen molar-refractivity contribution in [3.05, 3.63) is 25.5 Å². The molecule has 15 heavy (non-hydrogen) atoms. The molecule has 2 heterocycles. The average Bonchev–Trinajstić information content (AvgIpc) is 2.47. The number of hydrogen-bond acceptors (Lipinski definition) is 3. The third-order valence-corrected chi connectivity index (χ3v) is 3.00. The van der Waals surface area contributed by atoms with Crippen molar-refractivity contribution in [2.24, 2.45) is 0 Å². The van der Waals surface area contributed by atoms with Gasteiger partial charge in [0.15, 0.2) is 0 Å². The summed E-state index contributed by atoms with van der Waals surface area (Å²) in [5, 5.41) is 4.27. The second-order valence-electron chi connectivity index (χ2n) is 3.35. The quantitative estimate of drug-likeness (QED) is 0.744. The van der Waals surface area contributed by atoms with Gasteiger partial charge in [-0.15, -0.1) is 5.10 Å². The molecule has 0 bridgehead atoms. The van der Waals surface area contributed by atoms with Gasteiger partial charge in [-0.1, -0.05) is 0 Å². The Morgan fingerprint density at radius 3 is 2.80 bits per heavy atom. The van der Waals surface area contributed by atoms with Crippen LogP contribution in [0.1, 0.15) is 19.9 Å². The van der Waals surface area contributed by atoms with Crippen LogP contribution in [0.15, 0.2) is 11.0 Å². The van der Waals surface area contributed by atoms with Crippen molar-refractivity contribution >= 4 is 39.8 Å². The normalized spacial score (nSPS) is 11.5. The van der Waals surface area contributed by atoms with Gasteiger partial charge in [0.2, 0.25) is 10.9 Å². The molecule has 2 aromatic heterocycles. The topological polar surface area (TPSA) is 52.2 Å². The number of halogens is 2. The van der Waals surface area contributed by atoms with Gasteiger partial charge in [0.05, 0.1) is 6.20 Å². The van der Waals surface area contributed by atoms with Crippen LogP contribution in [-0.2, 0) is 0 Å². The van der Waals surface area contributed by atoms with E-state index in [0.29, 0.717) is 5.65 Å². The van der Waals surface area contributed by atoms with E-state index in [0.717, 1.165) is 3.70 Å². The Morgan fingerprint density at radius 2 is 2.20 bits per heavy atom. The van der Waals surface area contributed by atoms with Crippen LogP contribution in [0.25, 0.3) is 5.65 Å². The molecule has 0 atom stereocenters. The Hall–Kier alpha value is -0.630. The van der Waals surface area contributed by atoms with Crippen LogP contribution in [0.2, 0.25) is 5.28 Å². The highest BCUT2D eigenvalue weighted by molar-refractivity contribution is 14.1. The fourth-order valence-electron chi connectivity index (χ4n) is 1.34. The molecule has 7 heteroatoms. The van der Waals surface area contributed by atoms with Crippen LogP contribution in [-0.4, -0.2) is 19.2 Å². The molecule has 0 aliphatic carbocycles. The number of aromatic nitrogens is 4. The maximum atomic E-state index is 12.0. The Morgan fingerprint density at radius 1 is 1.53 bits per heavy atom. The van der Waals surface area contributed by atoms with Crippen LogP contribution < -0.4 is 5.56 Å². The minimum atomic E-state index is -0.215. The third-order valence-electron chi connectivity index (χ3n) is 2.00. The summed E-state index contributed by atoms with van der Waals surface area (Å²) in [6, 6.07) is -0.0307. The molecule has 0 aliphatic rings. The molecule has 0 aliphatic heterocycles. The molecule has 0 amide bonds. The fraction of sp³-hybridized carbons (Fsp3) is 0.375. The lowest BCUT2D eigenvalue weighted by Gasteiger charge is -2.10. The van der Waals surface area contributed by atoms with E-state index in [4.69, 9.17) is 11.6 Å². The van der Waals surface area contributed by atoms with Crippen molar-refractivity contribution in [1.82, 2.24) is 19.2 Å². The van der Waals surface area contributed by atoms with Crippen LogP contribution in [0.4, 0.5) is 0 Å². The average molecular weight is 339 g/mol. The van der Waals surface area contributed by atoms with Gasteiger partial charge in [-0.05, 0) is 48.0 Å². The van der Waals surface area contributed by atoms with E-state index in [1.807, 2.05) is 36.4 Å². The highest BCUT2D eigenvalue weighted by Gasteiger charge is 2.14. The van der Waals surface area contributed by atoms with Crippen LogP contribution in [0.3, 0.4) is 0 Å². The number of rotatable bonds is 1. The molecule has 0 unspecified atom stereocenters. The standard InChI is InChI=1S/C8H8ClIN4O/c1-4(2)13-7(15)6-11-3-5(10)14(6)12-8(13)9/h3-4H,1-2H3. The lowest BCUT2D eigenvalue weighted by molar-refractivity contribution is 0.557. The van der Waals surface area contributed by atoms with Gasteiger partial charge in [-0.3, -0.25) is 9.36 Å². The lowest BCUT2D eigenvalue weighted by Crippen LogP contribution is -2.26. The first-order valence-corrected chi connectivity index (χ1v) is 5.79. The van der Waals surface area contributed by atoms with Gasteiger partial charge < -0.3 is 0 Å². The molecule has 0 N–H and O–H groups in total. The summed E-state index contributed by atoms with van der Waals surface area (Å²) in [6.07, 6.45) is 1.59. The first kappa shape index (κ1) is 10.9. The molecular weight excluding hydrogens is 330 g/mol. The Labute approximate surface area is 104 Å². The SMILES string of the molecule is CC(C)n1c(Cl)nn2c(I)cnc2c1=O. The zero-order valence-electron chi connectivity index (χ0n) is 8.11. The van der Waals surface area contributed by atoms with Crippen molar-refractivity contribution in [3.63, 3.8) is 0 Å². The minimum absolute atomic E-state index is 0.0307. The van der Waals surface area contributed by atoms with Crippen LogP contribution in [0, 0.1) is 3.70 Å². The second kappa shape index (κ2) is 3.75. The maximum Gasteiger partial charge on any atom is 0.298 e. The molecule has 0 saturated carbocycles. The number of fused-ring (bicyclic) bond motifs is 1. The van der Waals surface area contributed by atoms with E-state index >= 15 is 0 Å². The van der Waals surface area contributed by atoms with Gasteiger partial charge in [-0.2, -0.15) is 4.52 Å². The van der Waals surface area contributed by atoms with E-state index in [1.165, 1.54) is 9.08 Å². The molecule has 0 saturated heterocycles. The second-order valence-corrected chi connectivity index (χ2v) is 4.80. The number of nitrogens with zero attached hydrogens (tertiary/aromatic N) is 4. The summed E-state index contributed by atoms with van der Waals surface area (Å²) in [5.74, 6) is 0. The van der Waals surface area contributed by atoms with E-state index in [9.17, 15) is 4.79 Å². The first-order valence-electron chi connectivity index (χ1n) is 4.33. The van der Waals surface area contributed by atoms with Gasteiger partial charge >= 0.3 is 0 Å². The van der Waals surface area contributed by atoms with Crippen molar-refractivity contribution < 1.29 is 0 Å². The van der Waals surface area contributed by atoms with E-state index < -0.39 is 0 Å². The van der Waals surface area contributed by atoms with Crippen molar-refractivity contribution in [3.8, 4) is 0 Å². The lowest BCUT2D eigenvalue weighted by atomic mass is 10.4. The summed E-state index contributed by atoms with van der Waals surface area (Å²) in [7, 11) is 0. The summed E-state index contributed by atoms with van der Waals surface area (Å²) in [5.41, 5.74) is 0.0883. The molecule has 5 nitrogen and oxygen atoms in total. The Balaban J connectivity index is 2.92. The highest BCUT2D eigenvalue weighted by atomic mass is 127. The maximum absolute atomic E-state index is 12.0. The molecule has 0 spiro atoms. The third kappa shape index (κ3) is 1.65. The zero-order chi connectivity index (χ0) is 11.2. The highest BCUT2D eigenvalue weighted by Crippen LogP contribution is 2.12. The van der Waals surface area contributed by atoms with E-state index in [1.54, 1.807) is 6.20 Å². The minimum Gasteiger partial charge on any atom is -0.276 e. The van der Waals surface area contributed by atoms with E-state index in [-0.39, 0.29) is 16.9 Å². The number of hydrogen-bond donors (Lipinski definition) is 0. The Bertz CT molecular complexity index is 574. The van der Waals surface area contributed by atoms with Crippen LogP contribution >= 0.6 is 34.2 Å². The summed E-state index contributed by atoms with van der Waals surface area (Å²) in [6.45, 7) is 3.75. The van der Waals surface area contributed by atoms with Gasteiger partial charge in [0.25, 0.3) is 5.56 Å². The molecule has 0 aromatic carbocycles. The van der Waals surface area contributed by atoms with Crippen molar-refractivity contribution in [1.29, 1.82) is 0 Å². The Kier molecular flexibility index (Phi) is 2.72. The monoisotopic (exact) mass is 338 g/mol. The fourth-order valence-corrected chi connectivity index (χ4v) is 2.16. The van der Waals surface area contributed by atoms with Crippen molar-refractivity contribution in [2.75, 3.05) is 0 Å².